The van der Waals surface area contributed by atoms with Crippen molar-refractivity contribution < 1.29 is 29.0 Å². The van der Waals surface area contributed by atoms with Gasteiger partial charge in [0, 0.05) is 4.83 Å². The Balaban J connectivity index is 1.81. The number of nitrogens with one attached hydrogen (secondary N) is 1. The lowest BCUT2D eigenvalue weighted by molar-refractivity contribution is -0.155. The summed E-state index contributed by atoms with van der Waals surface area (Å²) in [5.41, 5.74) is -0.00123. The summed E-state index contributed by atoms with van der Waals surface area (Å²) in [5.74, 6) is -3.19. The van der Waals surface area contributed by atoms with Crippen LogP contribution in [0.5, 0.6) is 0 Å². The number of carbonyl (C=O) groups is 3. The second-order valence-electron chi connectivity index (χ2n) is 9.58. The van der Waals surface area contributed by atoms with E-state index in [4.69, 9.17) is 21.1 Å². The Morgan fingerprint density at radius 1 is 1.41 bits per heavy atom. The van der Waals surface area contributed by atoms with Crippen LogP contribution in [-0.4, -0.2) is 69.6 Å². The van der Waals surface area contributed by atoms with Crippen molar-refractivity contribution in [1.29, 1.82) is 0 Å². The number of benzene rings is 1. The molecule has 3 saturated heterocycles. The molecular formula is C24H30BrClN2O6. The van der Waals surface area contributed by atoms with Crippen molar-refractivity contribution >= 4 is 51.0 Å². The van der Waals surface area contributed by atoms with E-state index in [0.29, 0.717) is 17.1 Å². The van der Waals surface area contributed by atoms with Crippen LogP contribution < -0.4 is 5.32 Å². The summed E-state index contributed by atoms with van der Waals surface area (Å²) < 4.78 is 11.7. The van der Waals surface area contributed by atoms with E-state index in [9.17, 15) is 19.5 Å². The fourth-order valence-electron chi connectivity index (χ4n) is 5.83. The number of amides is 2. The van der Waals surface area contributed by atoms with E-state index in [1.54, 1.807) is 19.1 Å². The quantitative estimate of drug-likeness (QED) is 0.395. The van der Waals surface area contributed by atoms with Gasteiger partial charge in [0.05, 0.1) is 47.9 Å². The predicted molar refractivity (Wildman–Crippen MR) is 130 cm³/mol. The van der Waals surface area contributed by atoms with E-state index < -0.39 is 47.5 Å². The number of fused-ring (bicyclic) bond motifs is 1. The number of carbonyl (C=O) groups excluding carboxylic acids is 3. The lowest BCUT2D eigenvalue weighted by Gasteiger charge is -2.38. The predicted octanol–water partition coefficient (Wildman–Crippen LogP) is 2.91. The molecular weight excluding hydrogens is 528 g/mol. The number of aryl methyl sites for hydroxylation is 1. The first-order valence-electron chi connectivity index (χ1n) is 11.6. The number of likely N-dealkylation sites (tertiary alicyclic amines) is 1. The Labute approximate surface area is 212 Å². The molecule has 8 nitrogen and oxygen atoms in total. The van der Waals surface area contributed by atoms with Gasteiger partial charge in [0.15, 0.2) is 0 Å². The maximum Gasteiger partial charge on any atom is 0.312 e. The Morgan fingerprint density at radius 3 is 2.71 bits per heavy atom. The van der Waals surface area contributed by atoms with Gasteiger partial charge < -0.3 is 24.8 Å². The van der Waals surface area contributed by atoms with Crippen LogP contribution in [0.1, 0.15) is 32.8 Å². The fourth-order valence-corrected chi connectivity index (χ4v) is 7.05. The molecule has 0 aromatic heterocycles. The number of hydrogen-bond acceptors (Lipinski definition) is 6. The smallest absolute Gasteiger partial charge is 0.312 e. The number of alkyl halides is 1. The fraction of sp³-hybridized carbons (Fsp3) is 0.625. The molecule has 1 spiro atoms. The first-order valence-corrected chi connectivity index (χ1v) is 12.9. The highest BCUT2D eigenvalue weighted by Crippen LogP contribution is 2.60. The molecule has 0 aliphatic carbocycles. The van der Waals surface area contributed by atoms with E-state index in [-0.39, 0.29) is 29.9 Å². The minimum Gasteiger partial charge on any atom is -0.466 e. The molecule has 7 atom stereocenters. The number of aliphatic hydroxyl groups excluding tert-OH is 1. The highest BCUT2D eigenvalue weighted by atomic mass is 79.9. The van der Waals surface area contributed by atoms with Crippen molar-refractivity contribution in [2.24, 2.45) is 17.8 Å². The molecule has 1 aromatic rings. The molecule has 3 aliphatic heterocycles. The molecule has 10 heteroatoms. The number of aliphatic hydroxyl groups is 1. The summed E-state index contributed by atoms with van der Waals surface area (Å²) >= 11 is 9.97. The maximum absolute atomic E-state index is 13.9. The summed E-state index contributed by atoms with van der Waals surface area (Å²) in [6, 6.07) is 3.61. The lowest BCUT2D eigenvalue weighted by Crippen LogP contribution is -2.57. The largest absolute Gasteiger partial charge is 0.466 e. The molecule has 3 unspecified atom stereocenters. The summed E-state index contributed by atoms with van der Waals surface area (Å²) in [5, 5.41) is 13.5. The Bertz CT molecular complexity index is 985. The second-order valence-corrected chi connectivity index (χ2v) is 11.2. The van der Waals surface area contributed by atoms with Crippen molar-refractivity contribution in [1.82, 2.24) is 4.90 Å². The topological polar surface area (TPSA) is 105 Å². The van der Waals surface area contributed by atoms with Gasteiger partial charge in [0.2, 0.25) is 11.8 Å². The Hall–Kier alpha value is -1.68. The molecule has 1 aromatic carbocycles. The van der Waals surface area contributed by atoms with Gasteiger partial charge in [-0.05, 0) is 37.8 Å². The zero-order chi connectivity index (χ0) is 24.9. The van der Waals surface area contributed by atoms with Crippen LogP contribution in [0.15, 0.2) is 18.2 Å². The summed E-state index contributed by atoms with van der Waals surface area (Å²) in [6.07, 6.45) is -0.213. The molecule has 4 rings (SSSR count). The monoisotopic (exact) mass is 556 g/mol. The number of rotatable bonds is 7. The van der Waals surface area contributed by atoms with Crippen molar-refractivity contribution in [3.8, 4) is 0 Å². The summed E-state index contributed by atoms with van der Waals surface area (Å²) in [4.78, 5) is 42.0. The van der Waals surface area contributed by atoms with Crippen molar-refractivity contribution in [2.75, 3.05) is 18.5 Å². The van der Waals surface area contributed by atoms with Gasteiger partial charge in [-0.25, -0.2) is 0 Å². The number of ether oxygens (including phenoxy) is 2. The number of halogens is 2. The van der Waals surface area contributed by atoms with Gasteiger partial charge in [0.25, 0.3) is 0 Å². The van der Waals surface area contributed by atoms with Gasteiger partial charge in [-0.2, -0.15) is 0 Å². The second kappa shape index (κ2) is 9.41. The third-order valence-corrected chi connectivity index (χ3v) is 8.48. The first kappa shape index (κ1) is 25.4. The van der Waals surface area contributed by atoms with Crippen LogP contribution in [0, 0.1) is 24.7 Å². The normalized spacial score (nSPS) is 32.8. The highest BCUT2D eigenvalue weighted by molar-refractivity contribution is 9.09. The van der Waals surface area contributed by atoms with Gasteiger partial charge in [-0.3, -0.25) is 14.4 Å². The molecule has 2 bridgehead atoms. The molecule has 2 amide bonds. The first-order chi connectivity index (χ1) is 16.1. The van der Waals surface area contributed by atoms with Gasteiger partial charge in [0.1, 0.15) is 11.6 Å². The Kier molecular flexibility index (Phi) is 7.03. The van der Waals surface area contributed by atoms with E-state index in [1.165, 1.54) is 4.90 Å². The average molecular weight is 558 g/mol. The molecule has 0 radical (unpaired) electrons. The van der Waals surface area contributed by atoms with Gasteiger partial charge in [-0.15, -0.1) is 0 Å². The van der Waals surface area contributed by atoms with Gasteiger partial charge >= 0.3 is 5.97 Å². The summed E-state index contributed by atoms with van der Waals surface area (Å²) in [6.45, 7) is 7.13. The van der Waals surface area contributed by atoms with E-state index in [1.807, 2.05) is 26.8 Å². The average Bonchev–Trinajstić information content (AvgIpc) is 3.35. The zero-order valence-electron chi connectivity index (χ0n) is 19.6. The van der Waals surface area contributed by atoms with E-state index >= 15 is 0 Å². The van der Waals surface area contributed by atoms with E-state index in [2.05, 4.69) is 21.2 Å². The molecule has 3 fully saturated rings. The van der Waals surface area contributed by atoms with Crippen LogP contribution in [0.25, 0.3) is 0 Å². The number of para-hydroxylation sites is 1. The van der Waals surface area contributed by atoms with Crippen molar-refractivity contribution in [3.05, 3.63) is 28.8 Å². The molecule has 34 heavy (non-hydrogen) atoms. The highest BCUT2D eigenvalue weighted by Gasteiger charge is 2.77. The molecule has 3 heterocycles. The number of esters is 1. The molecule has 3 aliphatic rings. The van der Waals surface area contributed by atoms with Crippen LogP contribution >= 0.6 is 27.5 Å². The Morgan fingerprint density at radius 2 is 2.12 bits per heavy atom. The number of anilines is 1. The van der Waals surface area contributed by atoms with Crippen LogP contribution in [-0.2, 0) is 23.9 Å². The standard InChI is InChI=1S/C24H30BrClN2O6/c1-5-33-23(32)16-17-22(31)28(15(10-29)11(2)3)20(24(17)9-13(25)19(16)34-24)21(30)27-18-12(4)7-6-8-14(18)26/h6-8,11,13,15-17,19-20,29H,5,9-10H2,1-4H3,(H,27,30)/t13?,15-,16+,17-,19+,20?,24?/m0/s1. The van der Waals surface area contributed by atoms with Crippen LogP contribution in [0.4, 0.5) is 5.69 Å². The number of nitrogens with zero attached hydrogens (tertiary/aromatic N) is 1. The molecule has 2 N–H and O–H groups in total. The third-order valence-electron chi connectivity index (χ3n) is 7.32. The van der Waals surface area contributed by atoms with E-state index in [0.717, 1.165) is 5.56 Å². The third kappa shape index (κ3) is 3.75. The molecule has 0 saturated carbocycles. The lowest BCUT2D eigenvalue weighted by atomic mass is 9.70. The SMILES string of the molecule is CCOC(=O)[C@H]1[C@@H]2OC3(CC2Br)C(C(=O)Nc2c(C)cccc2Cl)N([C@@H](CO)C(C)C)C(=O)[C@H]13. The van der Waals surface area contributed by atoms with Gasteiger partial charge in [-0.1, -0.05) is 53.5 Å². The number of hydrogen-bond donors (Lipinski definition) is 2. The van der Waals surface area contributed by atoms with Crippen LogP contribution in [0.2, 0.25) is 5.02 Å². The summed E-state index contributed by atoms with van der Waals surface area (Å²) in [7, 11) is 0. The maximum atomic E-state index is 13.9. The van der Waals surface area contributed by atoms with Crippen molar-refractivity contribution in [2.45, 2.75) is 62.7 Å². The minimum atomic E-state index is -1.23. The zero-order valence-corrected chi connectivity index (χ0v) is 21.9. The van der Waals surface area contributed by atoms with Crippen molar-refractivity contribution in [3.63, 3.8) is 0 Å². The minimum absolute atomic E-state index is 0.139. The molecule has 186 valence electrons. The van der Waals surface area contributed by atoms with Crippen LogP contribution in [0.3, 0.4) is 0 Å².